The summed E-state index contributed by atoms with van der Waals surface area (Å²) in [6.45, 7) is 3.08. The second-order valence-electron chi connectivity index (χ2n) is 7.26. The van der Waals surface area contributed by atoms with Crippen molar-refractivity contribution in [1.82, 2.24) is 16.0 Å². The Labute approximate surface area is 149 Å². The van der Waals surface area contributed by atoms with Crippen molar-refractivity contribution in [2.24, 2.45) is 17.8 Å². The molecule has 2 fully saturated rings. The molecule has 0 aromatic heterocycles. The molecule has 1 saturated carbocycles. The van der Waals surface area contributed by atoms with Gasteiger partial charge < -0.3 is 21.1 Å². The smallest absolute Gasteiger partial charge is 0.305 e. The van der Waals surface area contributed by atoms with Crippen LogP contribution in [-0.4, -0.2) is 49.1 Å². The average Bonchev–Trinajstić information content (AvgIpc) is 2.62. The van der Waals surface area contributed by atoms with Crippen molar-refractivity contribution in [2.45, 2.75) is 51.4 Å². The van der Waals surface area contributed by atoms with E-state index in [1.807, 2.05) is 0 Å². The molecule has 1 aliphatic heterocycles. The monoisotopic (exact) mass is 353 g/mol. The summed E-state index contributed by atoms with van der Waals surface area (Å²) in [6, 6.07) is 0. The summed E-state index contributed by atoms with van der Waals surface area (Å²) >= 11 is 0. The van der Waals surface area contributed by atoms with Crippen LogP contribution < -0.4 is 16.0 Å². The topological polar surface area (TPSA) is 108 Å². The molecule has 0 aromatic carbocycles. The number of amides is 2. The maximum Gasteiger partial charge on any atom is 0.305 e. The van der Waals surface area contributed by atoms with Gasteiger partial charge in [0, 0.05) is 24.9 Å². The van der Waals surface area contributed by atoms with Crippen molar-refractivity contribution in [3.63, 3.8) is 0 Å². The highest BCUT2D eigenvalue weighted by Crippen LogP contribution is 2.29. The number of carbonyl (C=O) groups is 3. The first-order chi connectivity index (χ1) is 12.1. The minimum Gasteiger partial charge on any atom is -0.481 e. The summed E-state index contributed by atoms with van der Waals surface area (Å²) in [4.78, 5) is 34.7. The van der Waals surface area contributed by atoms with Crippen LogP contribution in [0.15, 0.2) is 0 Å². The molecular weight excluding hydrogens is 322 g/mol. The number of hydrogen-bond acceptors (Lipinski definition) is 4. The largest absolute Gasteiger partial charge is 0.481 e. The van der Waals surface area contributed by atoms with Crippen molar-refractivity contribution in [3.8, 4) is 0 Å². The quantitative estimate of drug-likeness (QED) is 0.518. The summed E-state index contributed by atoms with van der Waals surface area (Å²) in [5.74, 6) is -0.231. The van der Waals surface area contributed by atoms with E-state index < -0.39 is 5.97 Å². The summed E-state index contributed by atoms with van der Waals surface area (Å²) in [5, 5.41) is 17.7. The van der Waals surface area contributed by atoms with Crippen LogP contribution in [0.5, 0.6) is 0 Å². The average molecular weight is 353 g/mol. The highest BCUT2D eigenvalue weighted by Gasteiger charge is 2.29. The van der Waals surface area contributed by atoms with E-state index in [-0.39, 0.29) is 36.6 Å². The molecule has 0 unspecified atom stereocenters. The van der Waals surface area contributed by atoms with E-state index in [1.165, 1.54) is 12.8 Å². The van der Waals surface area contributed by atoms with Crippen LogP contribution in [0.3, 0.4) is 0 Å². The molecule has 0 atom stereocenters. The van der Waals surface area contributed by atoms with Gasteiger partial charge in [-0.05, 0) is 64.0 Å². The van der Waals surface area contributed by atoms with Crippen LogP contribution in [0.2, 0.25) is 0 Å². The van der Waals surface area contributed by atoms with Crippen molar-refractivity contribution >= 4 is 17.8 Å². The zero-order valence-electron chi connectivity index (χ0n) is 14.9. The first-order valence-corrected chi connectivity index (χ1v) is 9.54. The van der Waals surface area contributed by atoms with E-state index in [0.717, 1.165) is 38.9 Å². The fourth-order valence-electron chi connectivity index (χ4n) is 3.77. The van der Waals surface area contributed by atoms with Gasteiger partial charge in [-0.1, -0.05) is 0 Å². The van der Waals surface area contributed by atoms with Crippen molar-refractivity contribution in [2.75, 3.05) is 26.2 Å². The summed E-state index contributed by atoms with van der Waals surface area (Å²) in [7, 11) is 0. The molecule has 2 rings (SSSR count). The van der Waals surface area contributed by atoms with Gasteiger partial charge in [-0.2, -0.15) is 0 Å². The predicted molar refractivity (Wildman–Crippen MR) is 93.9 cm³/mol. The number of carboxylic acid groups (broad SMARTS) is 1. The first kappa shape index (κ1) is 19.7. The number of carboxylic acids is 1. The summed E-state index contributed by atoms with van der Waals surface area (Å²) < 4.78 is 0. The lowest BCUT2D eigenvalue weighted by Crippen LogP contribution is -2.38. The second kappa shape index (κ2) is 10.4. The Bertz CT molecular complexity index is 455. The first-order valence-electron chi connectivity index (χ1n) is 9.54. The molecule has 4 N–H and O–H groups in total. The van der Waals surface area contributed by atoms with Gasteiger partial charge in [0.25, 0.3) is 0 Å². The lowest BCUT2D eigenvalue weighted by Gasteiger charge is -2.27. The van der Waals surface area contributed by atoms with E-state index >= 15 is 0 Å². The third-order valence-corrected chi connectivity index (χ3v) is 5.42. The summed E-state index contributed by atoms with van der Waals surface area (Å²) in [6.07, 6.45) is 6.24. The molecule has 0 radical (unpaired) electrons. The molecule has 1 aliphatic carbocycles. The highest BCUT2D eigenvalue weighted by molar-refractivity contribution is 5.81. The lowest BCUT2D eigenvalue weighted by molar-refractivity contribution is -0.137. The van der Waals surface area contributed by atoms with Gasteiger partial charge in [0.2, 0.25) is 11.8 Å². The second-order valence-corrected chi connectivity index (χ2v) is 7.26. The summed E-state index contributed by atoms with van der Waals surface area (Å²) in [5.41, 5.74) is 0. The third kappa shape index (κ3) is 7.02. The van der Waals surface area contributed by atoms with Crippen LogP contribution in [0.4, 0.5) is 0 Å². The van der Waals surface area contributed by atoms with Crippen molar-refractivity contribution in [3.05, 3.63) is 0 Å². The Hall–Kier alpha value is -1.63. The molecule has 0 spiro atoms. The van der Waals surface area contributed by atoms with Crippen LogP contribution in [0.25, 0.3) is 0 Å². The minimum atomic E-state index is -0.912. The number of nitrogens with one attached hydrogen (secondary N) is 3. The van der Waals surface area contributed by atoms with E-state index in [2.05, 4.69) is 16.0 Å². The van der Waals surface area contributed by atoms with Gasteiger partial charge in [-0.3, -0.25) is 14.4 Å². The van der Waals surface area contributed by atoms with Gasteiger partial charge in [0.05, 0.1) is 6.42 Å². The molecule has 0 aromatic rings. The molecule has 0 bridgehead atoms. The van der Waals surface area contributed by atoms with Crippen molar-refractivity contribution in [1.29, 1.82) is 0 Å². The maximum absolute atomic E-state index is 12.3. The zero-order valence-corrected chi connectivity index (χ0v) is 14.9. The molecule has 2 aliphatic rings. The molecule has 25 heavy (non-hydrogen) atoms. The molecule has 1 saturated heterocycles. The van der Waals surface area contributed by atoms with Gasteiger partial charge in [0.1, 0.15) is 0 Å². The minimum absolute atomic E-state index is 0.0103. The highest BCUT2D eigenvalue weighted by atomic mass is 16.4. The van der Waals surface area contributed by atoms with Gasteiger partial charge in [-0.25, -0.2) is 0 Å². The number of aliphatic carboxylic acids is 1. The van der Waals surface area contributed by atoms with E-state index in [9.17, 15) is 14.4 Å². The van der Waals surface area contributed by atoms with Crippen LogP contribution in [0.1, 0.15) is 51.4 Å². The zero-order chi connectivity index (χ0) is 18.1. The molecule has 7 nitrogen and oxygen atoms in total. The van der Waals surface area contributed by atoms with Gasteiger partial charge in [-0.15, -0.1) is 0 Å². The normalized spacial score (nSPS) is 24.5. The Balaban J connectivity index is 1.59. The lowest BCUT2D eigenvalue weighted by atomic mass is 9.81. The standard InChI is InChI=1S/C18H31N3O4/c22-16(23)8-12-21-18(25)15-3-1-14(2-4-15)17(24)20-11-7-13-5-9-19-10-6-13/h13-15,19H,1-12H2,(H,20,24)(H,21,25)(H,22,23). The molecule has 1 heterocycles. The fourth-order valence-corrected chi connectivity index (χ4v) is 3.77. The Morgan fingerprint density at radius 1 is 0.840 bits per heavy atom. The Kier molecular flexibility index (Phi) is 8.18. The molecule has 2 amide bonds. The van der Waals surface area contributed by atoms with E-state index in [0.29, 0.717) is 18.8 Å². The number of piperidine rings is 1. The van der Waals surface area contributed by atoms with Crippen molar-refractivity contribution < 1.29 is 19.5 Å². The number of hydrogen-bond donors (Lipinski definition) is 4. The number of carbonyl (C=O) groups excluding carboxylic acids is 2. The maximum atomic E-state index is 12.3. The van der Waals surface area contributed by atoms with Gasteiger partial charge >= 0.3 is 5.97 Å². The fraction of sp³-hybridized carbons (Fsp3) is 0.833. The third-order valence-electron chi connectivity index (χ3n) is 5.42. The van der Waals surface area contributed by atoms with Crippen LogP contribution >= 0.6 is 0 Å². The Morgan fingerprint density at radius 3 is 1.88 bits per heavy atom. The van der Waals surface area contributed by atoms with E-state index in [1.54, 1.807) is 0 Å². The molecule has 142 valence electrons. The van der Waals surface area contributed by atoms with Crippen LogP contribution in [-0.2, 0) is 14.4 Å². The number of rotatable bonds is 8. The van der Waals surface area contributed by atoms with Gasteiger partial charge in [0.15, 0.2) is 0 Å². The predicted octanol–water partition coefficient (Wildman–Crippen LogP) is 0.890. The molecular formula is C18H31N3O4. The van der Waals surface area contributed by atoms with E-state index in [4.69, 9.17) is 5.11 Å². The molecule has 7 heteroatoms. The SMILES string of the molecule is O=C(O)CCNC(=O)C1CCC(C(=O)NCCC2CCNCC2)CC1. The Morgan fingerprint density at radius 2 is 1.36 bits per heavy atom. The van der Waals surface area contributed by atoms with Crippen LogP contribution in [0, 0.1) is 17.8 Å².